The predicted octanol–water partition coefficient (Wildman–Crippen LogP) is 3.58. The van der Waals surface area contributed by atoms with Crippen LogP contribution in [0.2, 0.25) is 0 Å². The number of likely N-dealkylation sites (N-methyl/N-ethyl adjacent to an activating group) is 1. The van der Waals surface area contributed by atoms with Crippen molar-refractivity contribution in [2.45, 2.75) is 18.4 Å². The number of hydrogen-bond acceptors (Lipinski definition) is 4. The Morgan fingerprint density at radius 3 is 2.39 bits per heavy atom. The molecule has 0 bridgehead atoms. The molecule has 6 heteroatoms. The molecule has 0 N–H and O–H groups in total. The first-order valence-corrected chi connectivity index (χ1v) is 11.6. The third-order valence-corrected chi connectivity index (χ3v) is 6.84. The molecule has 0 unspecified atom stereocenters. The standard InChI is InChI=1S/C27H29N3O3/c1-28-15-17-29(18-16-28)27(32)24-21-10-5-6-11-22(21)26(31)30(25(24)23-12-7-19-33-23)14-13-20-8-3-2-4-9-20/h2-12,19,24-25H,13-18H2,1H3/t24-,25+/m1/s1. The van der Waals surface area contributed by atoms with E-state index in [-0.39, 0.29) is 11.8 Å². The molecule has 170 valence electrons. The van der Waals surface area contributed by atoms with Crippen molar-refractivity contribution in [3.8, 4) is 0 Å². The molecule has 3 heterocycles. The van der Waals surface area contributed by atoms with Crippen molar-refractivity contribution in [1.29, 1.82) is 0 Å². The summed E-state index contributed by atoms with van der Waals surface area (Å²) in [6.07, 6.45) is 2.33. The van der Waals surface area contributed by atoms with Crippen LogP contribution in [-0.2, 0) is 11.2 Å². The molecule has 33 heavy (non-hydrogen) atoms. The number of carbonyl (C=O) groups is 2. The Morgan fingerprint density at radius 1 is 0.939 bits per heavy atom. The van der Waals surface area contributed by atoms with E-state index < -0.39 is 12.0 Å². The van der Waals surface area contributed by atoms with Gasteiger partial charge in [0, 0.05) is 38.3 Å². The molecule has 0 saturated carbocycles. The lowest BCUT2D eigenvalue weighted by Crippen LogP contribution is -2.53. The number of hydrogen-bond donors (Lipinski definition) is 0. The number of furan rings is 1. The van der Waals surface area contributed by atoms with Gasteiger partial charge >= 0.3 is 0 Å². The highest BCUT2D eigenvalue weighted by molar-refractivity contribution is 6.01. The SMILES string of the molecule is CN1CCN(C(=O)[C@@H]2c3ccccc3C(=O)N(CCc3ccccc3)[C@H]2c2ccco2)CC1. The van der Waals surface area contributed by atoms with Crippen molar-refractivity contribution in [3.05, 3.63) is 95.4 Å². The number of rotatable bonds is 5. The molecule has 0 spiro atoms. The molecule has 1 saturated heterocycles. The van der Waals surface area contributed by atoms with Gasteiger partial charge in [-0.3, -0.25) is 9.59 Å². The smallest absolute Gasteiger partial charge is 0.254 e. The normalized spacial score (nSPS) is 21.2. The first-order valence-electron chi connectivity index (χ1n) is 11.6. The van der Waals surface area contributed by atoms with Crippen LogP contribution in [0.5, 0.6) is 0 Å². The van der Waals surface area contributed by atoms with Crippen LogP contribution in [0.4, 0.5) is 0 Å². The van der Waals surface area contributed by atoms with E-state index in [4.69, 9.17) is 4.42 Å². The van der Waals surface area contributed by atoms with Crippen molar-refractivity contribution in [3.63, 3.8) is 0 Å². The third kappa shape index (κ3) is 4.18. The maximum absolute atomic E-state index is 14.0. The van der Waals surface area contributed by atoms with E-state index in [1.54, 1.807) is 6.26 Å². The van der Waals surface area contributed by atoms with Gasteiger partial charge in [-0.15, -0.1) is 0 Å². The van der Waals surface area contributed by atoms with Crippen molar-refractivity contribution in [1.82, 2.24) is 14.7 Å². The zero-order valence-corrected chi connectivity index (χ0v) is 18.9. The average Bonchev–Trinajstić information content (AvgIpc) is 3.39. The Hall–Kier alpha value is -3.38. The molecule has 3 aromatic rings. The monoisotopic (exact) mass is 443 g/mol. The van der Waals surface area contributed by atoms with Gasteiger partial charge in [-0.25, -0.2) is 0 Å². The van der Waals surface area contributed by atoms with Crippen molar-refractivity contribution in [2.75, 3.05) is 39.8 Å². The van der Waals surface area contributed by atoms with Gasteiger partial charge in [0.15, 0.2) is 0 Å². The highest BCUT2D eigenvalue weighted by Crippen LogP contribution is 2.44. The minimum absolute atomic E-state index is 0.0506. The van der Waals surface area contributed by atoms with E-state index in [0.717, 1.165) is 24.2 Å². The van der Waals surface area contributed by atoms with E-state index in [9.17, 15) is 9.59 Å². The van der Waals surface area contributed by atoms with E-state index >= 15 is 0 Å². The number of benzene rings is 2. The van der Waals surface area contributed by atoms with Crippen LogP contribution in [0.3, 0.4) is 0 Å². The molecule has 0 radical (unpaired) electrons. The average molecular weight is 444 g/mol. The van der Waals surface area contributed by atoms with E-state index in [1.165, 1.54) is 0 Å². The number of nitrogens with zero attached hydrogens (tertiary/aromatic N) is 3. The summed E-state index contributed by atoms with van der Waals surface area (Å²) in [7, 11) is 2.08. The summed E-state index contributed by atoms with van der Waals surface area (Å²) < 4.78 is 5.83. The molecule has 2 amide bonds. The van der Waals surface area contributed by atoms with E-state index in [1.807, 2.05) is 64.4 Å². The Kier molecular flexibility index (Phi) is 6.01. The quantitative estimate of drug-likeness (QED) is 0.605. The summed E-state index contributed by atoms with van der Waals surface area (Å²) in [4.78, 5) is 33.7. The van der Waals surface area contributed by atoms with Gasteiger partial charge in [0.2, 0.25) is 5.91 Å². The highest BCUT2D eigenvalue weighted by Gasteiger charge is 2.46. The fraction of sp³-hybridized carbons (Fsp3) is 0.333. The molecule has 6 nitrogen and oxygen atoms in total. The topological polar surface area (TPSA) is 57.0 Å². The summed E-state index contributed by atoms with van der Waals surface area (Å²) in [6.45, 7) is 3.59. The summed E-state index contributed by atoms with van der Waals surface area (Å²) >= 11 is 0. The van der Waals surface area contributed by atoms with Crippen LogP contribution in [0.1, 0.15) is 39.2 Å². The second-order valence-electron chi connectivity index (χ2n) is 8.89. The van der Waals surface area contributed by atoms with Gasteiger partial charge < -0.3 is 19.1 Å². The fourth-order valence-electron chi connectivity index (χ4n) is 5.00. The van der Waals surface area contributed by atoms with Crippen molar-refractivity contribution >= 4 is 11.8 Å². The summed E-state index contributed by atoms with van der Waals surface area (Å²) in [5, 5.41) is 0. The maximum atomic E-state index is 14.0. The van der Waals surface area contributed by atoms with E-state index in [0.29, 0.717) is 37.4 Å². The van der Waals surface area contributed by atoms with Crippen LogP contribution in [0, 0.1) is 0 Å². The molecule has 1 aromatic heterocycles. The second kappa shape index (κ2) is 9.24. The van der Waals surface area contributed by atoms with E-state index in [2.05, 4.69) is 24.1 Å². The molecule has 1 fully saturated rings. The Bertz CT molecular complexity index is 1100. The van der Waals surface area contributed by atoms with Crippen LogP contribution in [0.15, 0.2) is 77.4 Å². The van der Waals surface area contributed by atoms with Gasteiger partial charge in [0.05, 0.1) is 12.2 Å². The first kappa shape index (κ1) is 21.5. The van der Waals surface area contributed by atoms with Crippen molar-refractivity contribution in [2.24, 2.45) is 0 Å². The lowest BCUT2D eigenvalue weighted by molar-refractivity contribution is -0.136. The largest absolute Gasteiger partial charge is 0.467 e. The summed E-state index contributed by atoms with van der Waals surface area (Å²) in [5.41, 5.74) is 2.56. The van der Waals surface area contributed by atoms with Gasteiger partial charge in [0.1, 0.15) is 11.8 Å². The lowest BCUT2D eigenvalue weighted by atomic mass is 9.80. The molecule has 2 aliphatic heterocycles. The lowest BCUT2D eigenvalue weighted by Gasteiger charge is -2.43. The van der Waals surface area contributed by atoms with Crippen LogP contribution in [-0.4, -0.2) is 66.3 Å². The number of amides is 2. The summed E-state index contributed by atoms with van der Waals surface area (Å²) in [6, 6.07) is 20.9. The van der Waals surface area contributed by atoms with Crippen LogP contribution < -0.4 is 0 Å². The molecule has 5 rings (SSSR count). The Balaban J connectivity index is 1.55. The molecular weight excluding hydrogens is 414 g/mol. The van der Waals surface area contributed by atoms with Crippen LogP contribution in [0.25, 0.3) is 0 Å². The number of piperazine rings is 1. The Morgan fingerprint density at radius 2 is 1.67 bits per heavy atom. The second-order valence-corrected chi connectivity index (χ2v) is 8.89. The number of fused-ring (bicyclic) bond motifs is 1. The van der Waals surface area contributed by atoms with Crippen LogP contribution >= 0.6 is 0 Å². The zero-order chi connectivity index (χ0) is 22.8. The minimum Gasteiger partial charge on any atom is -0.467 e. The maximum Gasteiger partial charge on any atom is 0.254 e. The minimum atomic E-state index is -0.496. The molecule has 0 aliphatic carbocycles. The third-order valence-electron chi connectivity index (χ3n) is 6.84. The zero-order valence-electron chi connectivity index (χ0n) is 18.9. The first-order chi connectivity index (χ1) is 16.1. The number of carbonyl (C=O) groups excluding carboxylic acids is 2. The molecular formula is C27H29N3O3. The highest BCUT2D eigenvalue weighted by atomic mass is 16.3. The molecule has 2 aliphatic rings. The predicted molar refractivity (Wildman–Crippen MR) is 126 cm³/mol. The molecule has 2 atom stereocenters. The fourth-order valence-corrected chi connectivity index (χ4v) is 5.00. The molecule has 2 aromatic carbocycles. The van der Waals surface area contributed by atoms with Gasteiger partial charge in [-0.1, -0.05) is 48.5 Å². The van der Waals surface area contributed by atoms with Gasteiger partial charge in [-0.2, -0.15) is 0 Å². The van der Waals surface area contributed by atoms with Gasteiger partial charge in [-0.05, 0) is 42.8 Å². The van der Waals surface area contributed by atoms with Crippen molar-refractivity contribution < 1.29 is 14.0 Å². The Labute approximate surface area is 194 Å². The van der Waals surface area contributed by atoms with Gasteiger partial charge in [0.25, 0.3) is 5.91 Å². The summed E-state index contributed by atoms with van der Waals surface area (Å²) in [5.74, 6) is 0.169.